The second-order valence-corrected chi connectivity index (χ2v) is 10.2. The lowest BCUT2D eigenvalue weighted by Crippen LogP contribution is -2.48. The first-order valence-corrected chi connectivity index (χ1v) is 12.2. The van der Waals surface area contributed by atoms with Crippen LogP contribution in [0, 0.1) is 0 Å². The number of benzene rings is 2. The summed E-state index contributed by atoms with van der Waals surface area (Å²) in [4.78, 5) is 29.4. The summed E-state index contributed by atoms with van der Waals surface area (Å²) in [6.07, 6.45) is 4.64. The molecule has 34 heavy (non-hydrogen) atoms. The molecule has 0 bridgehead atoms. The van der Waals surface area contributed by atoms with Crippen molar-refractivity contribution in [2.75, 3.05) is 44.6 Å². The molecule has 6 heteroatoms. The molecule has 2 amide bonds. The molecule has 180 valence electrons. The van der Waals surface area contributed by atoms with E-state index in [2.05, 4.69) is 66.7 Å². The van der Waals surface area contributed by atoms with Gasteiger partial charge < -0.3 is 15.5 Å². The number of hydrogen-bond acceptors (Lipinski definition) is 4. The summed E-state index contributed by atoms with van der Waals surface area (Å²) in [5.41, 5.74) is 5.65. The Labute approximate surface area is 203 Å². The van der Waals surface area contributed by atoms with Gasteiger partial charge in [-0.25, -0.2) is 0 Å². The highest BCUT2D eigenvalue weighted by Gasteiger charge is 2.22. The summed E-state index contributed by atoms with van der Waals surface area (Å²) < 4.78 is 0. The smallest absolute Gasteiger partial charge is 0.251 e. The molecule has 2 heterocycles. The fraction of sp³-hybridized carbons (Fsp3) is 0.429. The van der Waals surface area contributed by atoms with Crippen LogP contribution in [0.2, 0.25) is 0 Å². The van der Waals surface area contributed by atoms with Crippen molar-refractivity contribution >= 4 is 23.6 Å². The molecule has 0 radical (unpaired) electrons. The first-order valence-electron chi connectivity index (χ1n) is 12.2. The van der Waals surface area contributed by atoms with E-state index in [1.807, 2.05) is 29.2 Å². The van der Waals surface area contributed by atoms with Crippen molar-refractivity contribution < 1.29 is 9.59 Å². The normalized spacial score (nSPS) is 16.0. The number of nitrogens with one attached hydrogen (secondary N) is 2. The monoisotopic (exact) mass is 460 g/mol. The van der Waals surface area contributed by atoms with Gasteiger partial charge in [-0.3, -0.25) is 14.5 Å². The molecule has 0 atom stereocenters. The molecule has 2 aromatic carbocycles. The molecule has 0 spiro atoms. The van der Waals surface area contributed by atoms with E-state index in [9.17, 15) is 9.59 Å². The van der Waals surface area contributed by atoms with Crippen molar-refractivity contribution in [3.05, 3.63) is 70.8 Å². The molecule has 2 aromatic rings. The van der Waals surface area contributed by atoms with Crippen molar-refractivity contribution in [2.45, 2.75) is 39.2 Å². The largest absolute Gasteiger partial charge is 0.381 e. The fourth-order valence-corrected chi connectivity index (χ4v) is 4.51. The van der Waals surface area contributed by atoms with Crippen LogP contribution in [0.15, 0.2) is 48.5 Å². The van der Waals surface area contributed by atoms with E-state index < -0.39 is 0 Å². The van der Waals surface area contributed by atoms with Gasteiger partial charge in [-0.15, -0.1) is 0 Å². The summed E-state index contributed by atoms with van der Waals surface area (Å²) in [7, 11) is 0. The quantitative estimate of drug-likeness (QED) is 0.687. The SMILES string of the molecule is CC(C)(C)c1ccc(C(=O)NCCC(=O)N2CCN(Cc3cccc4c3NCC=C4)CC2)cc1. The molecule has 6 nitrogen and oxygen atoms in total. The van der Waals surface area contributed by atoms with Gasteiger partial charge in [-0.05, 0) is 34.2 Å². The molecule has 0 aliphatic carbocycles. The van der Waals surface area contributed by atoms with Crippen molar-refractivity contribution in [3.8, 4) is 0 Å². The molecule has 1 fully saturated rings. The van der Waals surface area contributed by atoms with E-state index in [0.29, 0.717) is 18.5 Å². The number of hydrogen-bond donors (Lipinski definition) is 2. The fourth-order valence-electron chi connectivity index (χ4n) is 4.51. The van der Waals surface area contributed by atoms with Gasteiger partial charge in [0.25, 0.3) is 5.91 Å². The second-order valence-electron chi connectivity index (χ2n) is 10.2. The lowest BCUT2D eigenvalue weighted by molar-refractivity contribution is -0.132. The van der Waals surface area contributed by atoms with Gasteiger partial charge in [0.2, 0.25) is 5.91 Å². The van der Waals surface area contributed by atoms with Gasteiger partial charge in [0, 0.05) is 63.5 Å². The maximum atomic E-state index is 12.7. The molecule has 2 aliphatic rings. The first kappa shape index (κ1) is 24.0. The number of carbonyl (C=O) groups excluding carboxylic acids is 2. The Morgan fingerprint density at radius 1 is 1.00 bits per heavy atom. The summed E-state index contributed by atoms with van der Waals surface area (Å²) in [6.45, 7) is 11.7. The number of nitrogens with zero attached hydrogens (tertiary/aromatic N) is 2. The average Bonchev–Trinajstić information content (AvgIpc) is 2.84. The topological polar surface area (TPSA) is 64.7 Å². The summed E-state index contributed by atoms with van der Waals surface area (Å²) in [5, 5.41) is 6.38. The lowest BCUT2D eigenvalue weighted by atomic mass is 9.87. The Morgan fingerprint density at radius 3 is 2.44 bits per heavy atom. The Bertz CT molecular complexity index is 1050. The number of amides is 2. The van der Waals surface area contributed by atoms with E-state index in [-0.39, 0.29) is 17.2 Å². The predicted octanol–water partition coefficient (Wildman–Crippen LogP) is 3.89. The highest BCUT2D eigenvalue weighted by Crippen LogP contribution is 2.26. The number of anilines is 1. The maximum absolute atomic E-state index is 12.7. The zero-order valence-corrected chi connectivity index (χ0v) is 20.6. The zero-order valence-electron chi connectivity index (χ0n) is 20.6. The molecule has 0 saturated carbocycles. The van der Waals surface area contributed by atoms with Crippen molar-refractivity contribution in [1.29, 1.82) is 0 Å². The Kier molecular flexibility index (Phi) is 7.37. The van der Waals surface area contributed by atoms with Crippen molar-refractivity contribution in [2.24, 2.45) is 0 Å². The number of rotatable bonds is 6. The van der Waals surface area contributed by atoms with E-state index in [1.54, 1.807) is 0 Å². The molecule has 0 aromatic heterocycles. The van der Waals surface area contributed by atoms with Crippen LogP contribution in [0.3, 0.4) is 0 Å². The summed E-state index contributed by atoms with van der Waals surface area (Å²) >= 11 is 0. The lowest BCUT2D eigenvalue weighted by Gasteiger charge is -2.35. The minimum Gasteiger partial charge on any atom is -0.381 e. The summed E-state index contributed by atoms with van der Waals surface area (Å²) in [6, 6.07) is 14.1. The molecule has 2 aliphatic heterocycles. The number of carbonyl (C=O) groups is 2. The van der Waals surface area contributed by atoms with Crippen LogP contribution in [0.4, 0.5) is 5.69 Å². The minimum absolute atomic E-state index is 0.0557. The molecular weight excluding hydrogens is 424 g/mol. The van der Waals surface area contributed by atoms with Gasteiger partial charge in [0.05, 0.1) is 0 Å². The van der Waals surface area contributed by atoms with Gasteiger partial charge >= 0.3 is 0 Å². The minimum atomic E-state index is -0.132. The first-order chi connectivity index (χ1) is 16.3. The third-order valence-electron chi connectivity index (χ3n) is 6.63. The third kappa shape index (κ3) is 5.86. The van der Waals surface area contributed by atoms with Crippen LogP contribution in [0.25, 0.3) is 6.08 Å². The maximum Gasteiger partial charge on any atom is 0.251 e. The Balaban J connectivity index is 1.20. The van der Waals surface area contributed by atoms with Crippen LogP contribution in [-0.2, 0) is 16.8 Å². The Hall–Kier alpha value is -3.12. The predicted molar refractivity (Wildman–Crippen MR) is 138 cm³/mol. The van der Waals surface area contributed by atoms with Gasteiger partial charge in [-0.2, -0.15) is 0 Å². The standard InChI is InChI=1S/C28H36N4O2/c1-28(2,3)24-11-9-22(10-12-24)27(34)30-15-13-25(33)32-18-16-31(17-19-32)20-23-7-4-6-21-8-5-14-29-26(21)23/h4-12,29H,13-20H2,1-3H3,(H,30,34). The number of piperazine rings is 1. The third-order valence-corrected chi connectivity index (χ3v) is 6.63. The molecule has 4 rings (SSSR count). The average molecular weight is 461 g/mol. The number of fused-ring (bicyclic) bond motifs is 1. The Morgan fingerprint density at radius 2 is 1.74 bits per heavy atom. The van der Waals surface area contributed by atoms with Crippen LogP contribution in [0.5, 0.6) is 0 Å². The van der Waals surface area contributed by atoms with Crippen molar-refractivity contribution in [3.63, 3.8) is 0 Å². The molecule has 2 N–H and O–H groups in total. The molecular formula is C28H36N4O2. The van der Waals surface area contributed by atoms with E-state index in [1.165, 1.54) is 22.4 Å². The van der Waals surface area contributed by atoms with E-state index >= 15 is 0 Å². The molecule has 1 saturated heterocycles. The van der Waals surface area contributed by atoms with Crippen LogP contribution in [-0.4, -0.2) is 60.9 Å². The number of para-hydroxylation sites is 1. The van der Waals surface area contributed by atoms with Gasteiger partial charge in [-0.1, -0.05) is 63.3 Å². The van der Waals surface area contributed by atoms with Gasteiger partial charge in [0.15, 0.2) is 0 Å². The highest BCUT2D eigenvalue weighted by molar-refractivity contribution is 5.94. The van der Waals surface area contributed by atoms with Crippen LogP contribution < -0.4 is 10.6 Å². The van der Waals surface area contributed by atoms with E-state index in [4.69, 9.17) is 0 Å². The summed E-state index contributed by atoms with van der Waals surface area (Å²) in [5.74, 6) is -0.0281. The highest BCUT2D eigenvalue weighted by atomic mass is 16.2. The molecule has 0 unspecified atom stereocenters. The van der Waals surface area contributed by atoms with Crippen LogP contribution in [0.1, 0.15) is 54.2 Å². The zero-order chi connectivity index (χ0) is 24.1. The second kappa shape index (κ2) is 10.4. The van der Waals surface area contributed by atoms with Crippen molar-refractivity contribution in [1.82, 2.24) is 15.1 Å². The van der Waals surface area contributed by atoms with E-state index in [0.717, 1.165) is 39.3 Å². The van der Waals surface area contributed by atoms with Gasteiger partial charge in [0.1, 0.15) is 0 Å². The van der Waals surface area contributed by atoms with Crippen LogP contribution >= 0.6 is 0 Å².